The fourth-order valence-corrected chi connectivity index (χ4v) is 3.58. The average Bonchev–Trinajstić information content (AvgIpc) is 2.80. The number of hydrogen-bond acceptors (Lipinski definition) is 2. The van der Waals surface area contributed by atoms with Crippen LogP contribution < -0.4 is 10.6 Å². The number of benzene rings is 1. The van der Waals surface area contributed by atoms with Gasteiger partial charge in [-0.2, -0.15) is 0 Å². The van der Waals surface area contributed by atoms with Crippen LogP contribution in [0.25, 0.3) is 0 Å². The first kappa shape index (κ1) is 12.0. The highest BCUT2D eigenvalue weighted by Crippen LogP contribution is 2.35. The molecule has 1 aromatic carbocycles. The minimum absolute atomic E-state index is 0.0543. The molecule has 1 unspecified atom stereocenters. The van der Waals surface area contributed by atoms with Crippen LogP contribution in [0.1, 0.15) is 44.6 Å². The normalized spacial score (nSPS) is 26.1. The molecule has 0 amide bonds. The van der Waals surface area contributed by atoms with E-state index in [2.05, 4.69) is 36.1 Å². The molecule has 2 aliphatic rings. The molecule has 98 valence electrons. The van der Waals surface area contributed by atoms with E-state index in [1.54, 1.807) is 0 Å². The molecule has 0 radical (unpaired) electrons. The number of aryl methyl sites for hydroxylation is 1. The van der Waals surface area contributed by atoms with Crippen molar-refractivity contribution >= 4 is 5.69 Å². The lowest BCUT2D eigenvalue weighted by molar-refractivity contribution is 0.406. The summed E-state index contributed by atoms with van der Waals surface area (Å²) < 4.78 is 0. The van der Waals surface area contributed by atoms with Crippen LogP contribution in [0.4, 0.5) is 5.69 Å². The van der Waals surface area contributed by atoms with Gasteiger partial charge in [-0.25, -0.2) is 0 Å². The summed E-state index contributed by atoms with van der Waals surface area (Å²) >= 11 is 0. The first-order valence-electron chi connectivity index (χ1n) is 7.31. The van der Waals surface area contributed by atoms with Gasteiger partial charge in [-0.15, -0.1) is 0 Å². The van der Waals surface area contributed by atoms with Crippen molar-refractivity contribution < 1.29 is 0 Å². The van der Waals surface area contributed by atoms with Crippen LogP contribution in [-0.4, -0.2) is 18.1 Å². The molecule has 2 heteroatoms. The average molecular weight is 244 g/mol. The minimum Gasteiger partial charge on any atom is -0.367 e. The quantitative estimate of drug-likeness (QED) is 0.866. The lowest BCUT2D eigenvalue weighted by Crippen LogP contribution is -2.52. The number of fused-ring (bicyclic) bond motifs is 1. The second-order valence-electron chi connectivity index (χ2n) is 6.21. The van der Waals surface area contributed by atoms with E-state index in [1.165, 1.54) is 49.8 Å². The van der Waals surface area contributed by atoms with E-state index in [1.807, 2.05) is 0 Å². The van der Waals surface area contributed by atoms with Gasteiger partial charge >= 0.3 is 0 Å². The first-order chi connectivity index (χ1) is 8.68. The minimum atomic E-state index is 0.0543. The van der Waals surface area contributed by atoms with Crippen molar-refractivity contribution in [3.05, 3.63) is 29.8 Å². The van der Waals surface area contributed by atoms with Crippen molar-refractivity contribution in [3.63, 3.8) is 0 Å². The second-order valence-corrected chi connectivity index (χ2v) is 6.21. The Morgan fingerprint density at radius 2 is 2.00 bits per heavy atom. The number of para-hydroxylation sites is 1. The van der Waals surface area contributed by atoms with Gasteiger partial charge in [-0.1, -0.05) is 31.0 Å². The molecule has 1 fully saturated rings. The zero-order valence-electron chi connectivity index (χ0n) is 11.4. The van der Waals surface area contributed by atoms with Gasteiger partial charge in [0.05, 0.1) is 0 Å². The molecule has 0 bridgehead atoms. The predicted molar refractivity (Wildman–Crippen MR) is 77.0 cm³/mol. The Labute approximate surface area is 110 Å². The van der Waals surface area contributed by atoms with E-state index in [0.717, 1.165) is 6.54 Å². The largest absolute Gasteiger partial charge is 0.367 e. The van der Waals surface area contributed by atoms with Gasteiger partial charge in [0.1, 0.15) is 0 Å². The molecular formula is C16H24N2. The Morgan fingerprint density at radius 1 is 1.28 bits per heavy atom. The second kappa shape index (κ2) is 4.58. The van der Waals surface area contributed by atoms with Gasteiger partial charge in [0.15, 0.2) is 0 Å². The van der Waals surface area contributed by atoms with Crippen molar-refractivity contribution in [1.82, 2.24) is 0 Å². The maximum Gasteiger partial charge on any atom is 0.0401 e. The molecule has 1 heterocycles. The van der Waals surface area contributed by atoms with Crippen molar-refractivity contribution in [2.24, 2.45) is 5.73 Å². The van der Waals surface area contributed by atoms with Crippen LogP contribution >= 0.6 is 0 Å². The van der Waals surface area contributed by atoms with Crippen molar-refractivity contribution in [1.29, 1.82) is 0 Å². The van der Waals surface area contributed by atoms with E-state index in [9.17, 15) is 0 Å². The monoisotopic (exact) mass is 244 g/mol. The molecule has 1 aliphatic heterocycles. The maximum absolute atomic E-state index is 6.57. The lowest BCUT2D eigenvalue weighted by atomic mass is 9.92. The van der Waals surface area contributed by atoms with Crippen LogP contribution in [0.2, 0.25) is 0 Å². The van der Waals surface area contributed by atoms with Crippen LogP contribution in [0.5, 0.6) is 0 Å². The van der Waals surface area contributed by atoms with E-state index in [0.29, 0.717) is 6.04 Å². The van der Waals surface area contributed by atoms with E-state index in [4.69, 9.17) is 5.73 Å². The summed E-state index contributed by atoms with van der Waals surface area (Å²) in [7, 11) is 0. The highest BCUT2D eigenvalue weighted by molar-refractivity contribution is 5.56. The Morgan fingerprint density at radius 3 is 2.78 bits per heavy atom. The Hall–Kier alpha value is -1.02. The summed E-state index contributed by atoms with van der Waals surface area (Å²) in [5.41, 5.74) is 9.54. The number of nitrogens with zero attached hydrogens (tertiary/aromatic N) is 1. The van der Waals surface area contributed by atoms with Crippen molar-refractivity contribution in [2.75, 3.05) is 11.4 Å². The smallest absolute Gasteiger partial charge is 0.0401 e. The standard InChI is InChI=1S/C16H24N2/c1-13-8-9-14-6-2-3-7-15(14)18(13)12-16(17)10-4-5-11-16/h2-3,6-7,13H,4-5,8-12,17H2,1H3. The molecule has 18 heavy (non-hydrogen) atoms. The van der Waals surface area contributed by atoms with Crippen LogP contribution in [-0.2, 0) is 6.42 Å². The zero-order chi connectivity index (χ0) is 12.6. The summed E-state index contributed by atoms with van der Waals surface area (Å²) in [6.07, 6.45) is 7.47. The van der Waals surface area contributed by atoms with Crippen molar-refractivity contribution in [2.45, 2.75) is 57.0 Å². The summed E-state index contributed by atoms with van der Waals surface area (Å²) in [4.78, 5) is 2.56. The predicted octanol–water partition coefficient (Wildman–Crippen LogP) is 3.10. The van der Waals surface area contributed by atoms with Gasteiger partial charge in [-0.3, -0.25) is 0 Å². The highest BCUT2D eigenvalue weighted by Gasteiger charge is 2.34. The third-order valence-electron chi connectivity index (χ3n) is 4.75. The van der Waals surface area contributed by atoms with Gasteiger partial charge in [0, 0.05) is 23.8 Å². The Balaban J connectivity index is 1.86. The fourth-order valence-electron chi connectivity index (χ4n) is 3.58. The SMILES string of the molecule is CC1CCc2ccccc2N1CC1(N)CCCC1. The van der Waals surface area contributed by atoms with Gasteiger partial charge in [0.25, 0.3) is 0 Å². The third kappa shape index (κ3) is 2.14. The molecule has 0 aromatic heterocycles. The molecule has 1 atom stereocenters. The fraction of sp³-hybridized carbons (Fsp3) is 0.625. The Bertz CT molecular complexity index is 421. The zero-order valence-corrected chi connectivity index (χ0v) is 11.4. The number of anilines is 1. The Kier molecular flexibility index (Phi) is 3.06. The summed E-state index contributed by atoms with van der Waals surface area (Å²) in [5.74, 6) is 0. The summed E-state index contributed by atoms with van der Waals surface area (Å²) in [5, 5.41) is 0. The molecule has 2 N–H and O–H groups in total. The molecular weight excluding hydrogens is 220 g/mol. The number of hydrogen-bond donors (Lipinski definition) is 1. The number of rotatable bonds is 2. The molecule has 0 spiro atoms. The topological polar surface area (TPSA) is 29.3 Å². The van der Waals surface area contributed by atoms with Crippen molar-refractivity contribution in [3.8, 4) is 0 Å². The van der Waals surface area contributed by atoms with Gasteiger partial charge in [0.2, 0.25) is 0 Å². The summed E-state index contributed by atoms with van der Waals surface area (Å²) in [6, 6.07) is 9.47. The number of nitrogens with two attached hydrogens (primary N) is 1. The molecule has 1 saturated carbocycles. The molecule has 0 saturated heterocycles. The first-order valence-corrected chi connectivity index (χ1v) is 7.31. The summed E-state index contributed by atoms with van der Waals surface area (Å²) in [6.45, 7) is 3.37. The molecule has 3 rings (SSSR count). The van der Waals surface area contributed by atoms with Crippen LogP contribution in [0.3, 0.4) is 0 Å². The molecule has 1 aromatic rings. The molecule has 2 nitrogen and oxygen atoms in total. The molecule has 1 aliphatic carbocycles. The van der Waals surface area contributed by atoms with Gasteiger partial charge < -0.3 is 10.6 Å². The van der Waals surface area contributed by atoms with E-state index >= 15 is 0 Å². The van der Waals surface area contributed by atoms with E-state index in [-0.39, 0.29) is 5.54 Å². The highest BCUT2D eigenvalue weighted by atomic mass is 15.2. The third-order valence-corrected chi connectivity index (χ3v) is 4.75. The maximum atomic E-state index is 6.57. The lowest BCUT2D eigenvalue weighted by Gasteiger charge is -2.41. The van der Waals surface area contributed by atoms with E-state index < -0.39 is 0 Å². The van der Waals surface area contributed by atoms with Gasteiger partial charge in [-0.05, 0) is 44.2 Å². The van der Waals surface area contributed by atoms with Crippen LogP contribution in [0, 0.1) is 0 Å². The van der Waals surface area contributed by atoms with Crippen LogP contribution in [0.15, 0.2) is 24.3 Å².